The van der Waals surface area contributed by atoms with Gasteiger partial charge in [0.1, 0.15) is 0 Å². The van der Waals surface area contributed by atoms with E-state index >= 15 is 0 Å². The van der Waals surface area contributed by atoms with Crippen LogP contribution in [0, 0.1) is 12.3 Å². The van der Waals surface area contributed by atoms with Crippen molar-refractivity contribution >= 4 is 28.5 Å². The lowest BCUT2D eigenvalue weighted by molar-refractivity contribution is 0.693. The van der Waals surface area contributed by atoms with Gasteiger partial charge in [-0.25, -0.2) is 0 Å². The smallest absolute Gasteiger partial charge is 0.0743 e. The van der Waals surface area contributed by atoms with E-state index in [1.54, 1.807) is 19.2 Å². The Morgan fingerprint density at radius 1 is 0.800 bits per heavy atom. The maximum atomic E-state index is 6.08. The number of rotatable bonds is 4. The van der Waals surface area contributed by atoms with E-state index in [2.05, 4.69) is 65.8 Å². The van der Waals surface area contributed by atoms with Crippen molar-refractivity contribution in [2.75, 3.05) is 11.5 Å². The summed E-state index contributed by atoms with van der Waals surface area (Å²) in [7, 11) is 0. The molecule has 0 bridgehead atoms. The molecule has 184 valence electrons. The van der Waals surface area contributed by atoms with Crippen molar-refractivity contribution in [2.45, 2.75) is 40.8 Å². The molecule has 4 aromatic rings. The number of nitrogen functional groups attached to an aromatic ring is 2. The monoisotopic (exact) mass is 469 g/mol. The number of allylic oxidation sites excluding steroid dienone is 2. The molecule has 0 aliphatic rings. The molecule has 3 aromatic carbocycles. The molecule has 0 spiro atoms. The number of fused-ring (bicyclic) bond motifs is 1. The number of aryl methyl sites for hydroxylation is 1. The van der Waals surface area contributed by atoms with E-state index in [0.717, 1.165) is 29.7 Å². The fraction of sp³-hybridized carbons (Fsp3) is 0.200. The maximum absolute atomic E-state index is 6.08. The number of hydrogen-bond donors (Lipinski definition) is 4. The van der Waals surface area contributed by atoms with Gasteiger partial charge in [0.05, 0.1) is 5.52 Å². The molecule has 0 saturated carbocycles. The van der Waals surface area contributed by atoms with Gasteiger partial charge in [0.25, 0.3) is 0 Å². The Labute approximate surface area is 210 Å². The van der Waals surface area contributed by atoms with Crippen molar-refractivity contribution in [3.05, 3.63) is 114 Å². The Kier molecular flexibility index (Phi) is 14.5. The number of benzene rings is 3. The molecule has 4 rings (SSSR count). The van der Waals surface area contributed by atoms with Crippen molar-refractivity contribution in [1.82, 2.24) is 10.3 Å². The van der Waals surface area contributed by atoms with Gasteiger partial charge >= 0.3 is 0 Å². The van der Waals surface area contributed by atoms with Gasteiger partial charge in [-0.1, -0.05) is 72.3 Å². The van der Waals surface area contributed by atoms with Crippen molar-refractivity contribution in [3.8, 4) is 0 Å². The highest BCUT2D eigenvalue weighted by atomic mass is 14.8. The fourth-order valence-corrected chi connectivity index (χ4v) is 2.84. The van der Waals surface area contributed by atoms with Crippen LogP contribution in [0.1, 0.15) is 37.5 Å². The van der Waals surface area contributed by atoms with Crippen LogP contribution in [0.15, 0.2) is 97.2 Å². The van der Waals surface area contributed by atoms with Crippen molar-refractivity contribution in [3.63, 3.8) is 0 Å². The molecular weight excluding hydrogens is 430 g/mol. The predicted octanol–water partition coefficient (Wildman–Crippen LogP) is 6.92. The maximum Gasteiger partial charge on any atom is 0.0743 e. The van der Waals surface area contributed by atoms with Crippen LogP contribution in [0.5, 0.6) is 0 Å². The van der Waals surface area contributed by atoms with Gasteiger partial charge in [0, 0.05) is 36.0 Å². The second-order valence-electron chi connectivity index (χ2n) is 7.71. The number of hydrogen-bond acceptors (Lipinski definition) is 5. The number of pyridine rings is 1. The minimum absolute atomic E-state index is 0.709. The molecule has 0 atom stereocenters. The summed E-state index contributed by atoms with van der Waals surface area (Å²) in [6, 6.07) is 26.4. The highest BCUT2D eigenvalue weighted by molar-refractivity contribution is 5.91. The number of nitrogens with two attached hydrogens (primary N) is 2. The van der Waals surface area contributed by atoms with Crippen LogP contribution in [0.2, 0.25) is 0 Å². The Morgan fingerprint density at radius 2 is 1.37 bits per heavy atom. The fourth-order valence-electron chi connectivity index (χ4n) is 2.84. The molecule has 35 heavy (non-hydrogen) atoms. The summed E-state index contributed by atoms with van der Waals surface area (Å²) in [5, 5.41) is 10.5. The second-order valence-corrected chi connectivity index (χ2v) is 7.71. The lowest BCUT2D eigenvalue weighted by Crippen LogP contribution is -2.12. The van der Waals surface area contributed by atoms with Crippen molar-refractivity contribution in [1.29, 1.82) is 5.41 Å². The molecule has 0 unspecified atom stereocenters. The van der Waals surface area contributed by atoms with Crippen molar-refractivity contribution < 1.29 is 0 Å². The molecule has 5 nitrogen and oxygen atoms in total. The van der Waals surface area contributed by atoms with Crippen LogP contribution in [-0.2, 0) is 13.1 Å². The van der Waals surface area contributed by atoms with Crippen LogP contribution in [-0.4, -0.2) is 11.2 Å². The number of nitrogens with one attached hydrogen (secondary N) is 2. The highest BCUT2D eigenvalue weighted by Gasteiger charge is 1.97. The minimum Gasteiger partial charge on any atom is -0.399 e. The lowest BCUT2D eigenvalue weighted by Gasteiger charge is -2.05. The van der Waals surface area contributed by atoms with Gasteiger partial charge in [-0.05, 0) is 69.3 Å². The van der Waals surface area contributed by atoms with Crippen molar-refractivity contribution in [2.24, 2.45) is 0 Å². The summed E-state index contributed by atoms with van der Waals surface area (Å²) in [6.07, 6.45) is 6.93. The van der Waals surface area contributed by atoms with Gasteiger partial charge in [-0.3, -0.25) is 4.98 Å². The van der Waals surface area contributed by atoms with Gasteiger partial charge < -0.3 is 22.2 Å². The van der Waals surface area contributed by atoms with E-state index < -0.39 is 0 Å². The van der Waals surface area contributed by atoms with Gasteiger partial charge in [0.15, 0.2) is 0 Å². The third-order valence-corrected chi connectivity index (χ3v) is 4.76. The number of nitrogens with zero attached hydrogens (tertiary/aromatic N) is 1. The van der Waals surface area contributed by atoms with E-state index in [0.29, 0.717) is 5.69 Å². The van der Waals surface area contributed by atoms with Gasteiger partial charge in [-0.15, -0.1) is 0 Å². The lowest BCUT2D eigenvalue weighted by atomic mass is 10.1. The van der Waals surface area contributed by atoms with E-state index in [9.17, 15) is 0 Å². The van der Waals surface area contributed by atoms with Crippen LogP contribution in [0.25, 0.3) is 10.9 Å². The average Bonchev–Trinajstić information content (AvgIpc) is 2.87. The SMILES string of the molecule is C/C=C\C.CC=N.Cc1ccc(CNCc2ccccc2)cc1.Nc1ccc2c(N)ccnc2c1. The van der Waals surface area contributed by atoms with E-state index in [4.69, 9.17) is 16.9 Å². The molecule has 0 aliphatic heterocycles. The highest BCUT2D eigenvalue weighted by Crippen LogP contribution is 2.20. The Morgan fingerprint density at radius 3 is 1.94 bits per heavy atom. The third kappa shape index (κ3) is 12.2. The molecule has 0 aliphatic carbocycles. The zero-order chi connectivity index (χ0) is 25.9. The van der Waals surface area contributed by atoms with E-state index in [1.807, 2.05) is 50.3 Å². The average molecular weight is 470 g/mol. The molecule has 6 N–H and O–H groups in total. The summed E-state index contributed by atoms with van der Waals surface area (Å²) in [5.41, 5.74) is 17.6. The summed E-state index contributed by atoms with van der Waals surface area (Å²) >= 11 is 0. The van der Waals surface area contributed by atoms with E-state index in [1.165, 1.54) is 22.9 Å². The van der Waals surface area contributed by atoms with Crippen LogP contribution < -0.4 is 16.8 Å². The number of anilines is 2. The van der Waals surface area contributed by atoms with Crippen LogP contribution in [0.4, 0.5) is 11.4 Å². The summed E-state index contributed by atoms with van der Waals surface area (Å²) < 4.78 is 0. The molecule has 0 radical (unpaired) electrons. The van der Waals surface area contributed by atoms with E-state index in [-0.39, 0.29) is 0 Å². The Hall–Kier alpha value is -3.96. The molecule has 0 amide bonds. The Bertz CT molecular complexity index is 1130. The summed E-state index contributed by atoms with van der Waals surface area (Å²) in [5.74, 6) is 0. The molecule has 0 saturated heterocycles. The van der Waals surface area contributed by atoms with Gasteiger partial charge in [-0.2, -0.15) is 0 Å². The zero-order valence-corrected chi connectivity index (χ0v) is 21.3. The van der Waals surface area contributed by atoms with Crippen LogP contribution in [0.3, 0.4) is 0 Å². The Balaban J connectivity index is 0.000000283. The molecule has 0 fully saturated rings. The molecular formula is C30H39N5. The van der Waals surface area contributed by atoms with Gasteiger partial charge in [0.2, 0.25) is 0 Å². The third-order valence-electron chi connectivity index (χ3n) is 4.76. The zero-order valence-electron chi connectivity index (χ0n) is 21.3. The first kappa shape index (κ1) is 29.1. The molecule has 1 aromatic heterocycles. The first-order valence-electron chi connectivity index (χ1n) is 11.7. The second kappa shape index (κ2) is 17.5. The largest absolute Gasteiger partial charge is 0.399 e. The van der Waals surface area contributed by atoms with Crippen LogP contribution >= 0.6 is 0 Å². The minimum atomic E-state index is 0.709. The quantitative estimate of drug-likeness (QED) is 0.148. The normalized spacial score (nSPS) is 9.71. The molecule has 1 heterocycles. The topological polar surface area (TPSA) is 101 Å². The summed E-state index contributed by atoms with van der Waals surface area (Å²) in [4.78, 5) is 4.14. The molecule has 5 heteroatoms. The summed E-state index contributed by atoms with van der Waals surface area (Å²) in [6.45, 7) is 9.63. The predicted molar refractivity (Wildman–Crippen MR) is 154 cm³/mol. The number of aromatic nitrogens is 1. The standard InChI is InChI=1S/C15H17N.C9H9N3.C4H8.C2H5N/c1-13-7-9-15(10-8-13)12-16-11-14-5-3-2-4-6-14;10-6-1-2-7-8(11)3-4-12-9(7)5-6;1-3-4-2;1-2-3/h2-10,16H,11-12H2,1H3;1-5H,10H2,(H2,11,12);3-4H,1-2H3;2-3H,1H3/b;;4-3-;. The first-order chi connectivity index (χ1) is 16.9. The first-order valence-corrected chi connectivity index (χ1v) is 11.7.